The van der Waals surface area contributed by atoms with Gasteiger partial charge in [0, 0.05) is 19.1 Å². The number of nitrogens with two attached hydrogens (primary N) is 1. The number of carbonyl (C=O) groups excluding carboxylic acids is 1. The molecule has 1 rings (SSSR count). The summed E-state index contributed by atoms with van der Waals surface area (Å²) < 4.78 is 0. The van der Waals surface area contributed by atoms with Crippen LogP contribution in [0.3, 0.4) is 0 Å². The molecule has 0 saturated carbocycles. The van der Waals surface area contributed by atoms with Gasteiger partial charge in [0.15, 0.2) is 0 Å². The lowest BCUT2D eigenvalue weighted by Crippen LogP contribution is -2.39. The zero-order chi connectivity index (χ0) is 12.8. The average molecular weight is 313 g/mol. The molecule has 0 bridgehead atoms. The van der Waals surface area contributed by atoms with E-state index in [1.54, 1.807) is 18.2 Å². The van der Waals surface area contributed by atoms with Crippen LogP contribution < -0.4 is 16.4 Å². The molecule has 0 fully saturated rings. The molecule has 1 unspecified atom stereocenters. The van der Waals surface area contributed by atoms with Crippen molar-refractivity contribution in [2.75, 3.05) is 13.1 Å². The number of hydrogen-bond acceptors (Lipinski definition) is 2. The first kappa shape index (κ1) is 17.3. The van der Waals surface area contributed by atoms with Crippen LogP contribution in [0.4, 0.5) is 4.79 Å². The third-order valence-electron chi connectivity index (χ3n) is 2.20. The maximum atomic E-state index is 11.2. The Morgan fingerprint density at radius 2 is 2.06 bits per heavy atom. The number of amides is 2. The van der Waals surface area contributed by atoms with E-state index in [0.29, 0.717) is 23.1 Å². The van der Waals surface area contributed by atoms with Crippen LogP contribution in [0.25, 0.3) is 0 Å². The minimum absolute atomic E-state index is 0. The Kier molecular flexibility index (Phi) is 8.11. The van der Waals surface area contributed by atoms with Crippen LogP contribution in [-0.4, -0.2) is 19.1 Å². The molecular weight excluding hydrogens is 296 g/mol. The molecule has 7 heteroatoms. The van der Waals surface area contributed by atoms with Crippen LogP contribution in [0, 0.1) is 0 Å². The van der Waals surface area contributed by atoms with E-state index in [4.69, 9.17) is 28.9 Å². The first-order valence-electron chi connectivity index (χ1n) is 5.27. The summed E-state index contributed by atoms with van der Waals surface area (Å²) >= 11 is 11.9. The standard InChI is InChI=1S/C11H15Cl2N3O.ClH/c1-2-15-11(17)16-6-9(14)7-4-3-5-8(12)10(7)13;/h3-5,9H,2,6,14H2,1H3,(H2,15,16,17);1H. The minimum Gasteiger partial charge on any atom is -0.338 e. The smallest absolute Gasteiger partial charge is 0.314 e. The van der Waals surface area contributed by atoms with E-state index >= 15 is 0 Å². The Hall–Kier alpha value is -0.680. The lowest BCUT2D eigenvalue weighted by molar-refractivity contribution is 0.241. The topological polar surface area (TPSA) is 67.2 Å². The lowest BCUT2D eigenvalue weighted by Gasteiger charge is -2.15. The normalized spacial score (nSPS) is 11.3. The second-order valence-electron chi connectivity index (χ2n) is 3.49. The number of hydrogen-bond donors (Lipinski definition) is 3. The molecule has 18 heavy (non-hydrogen) atoms. The molecule has 4 nitrogen and oxygen atoms in total. The molecule has 0 spiro atoms. The van der Waals surface area contributed by atoms with Gasteiger partial charge in [-0.15, -0.1) is 12.4 Å². The maximum Gasteiger partial charge on any atom is 0.314 e. The van der Waals surface area contributed by atoms with E-state index in [1.807, 2.05) is 6.92 Å². The highest BCUT2D eigenvalue weighted by Gasteiger charge is 2.12. The van der Waals surface area contributed by atoms with Crippen LogP contribution >= 0.6 is 35.6 Å². The first-order chi connectivity index (χ1) is 8.06. The molecule has 4 N–H and O–H groups in total. The van der Waals surface area contributed by atoms with Gasteiger partial charge in [-0.25, -0.2) is 4.79 Å². The van der Waals surface area contributed by atoms with Crippen LogP contribution in [0.15, 0.2) is 18.2 Å². The van der Waals surface area contributed by atoms with Crippen molar-refractivity contribution in [3.05, 3.63) is 33.8 Å². The van der Waals surface area contributed by atoms with E-state index in [-0.39, 0.29) is 24.5 Å². The Morgan fingerprint density at radius 3 is 2.67 bits per heavy atom. The van der Waals surface area contributed by atoms with Gasteiger partial charge in [-0.3, -0.25) is 0 Å². The summed E-state index contributed by atoms with van der Waals surface area (Å²) in [5.41, 5.74) is 6.64. The zero-order valence-corrected chi connectivity index (χ0v) is 12.2. The molecule has 0 aliphatic heterocycles. The Morgan fingerprint density at radius 1 is 1.39 bits per heavy atom. The number of urea groups is 1. The highest BCUT2D eigenvalue weighted by atomic mass is 35.5. The highest BCUT2D eigenvalue weighted by Crippen LogP contribution is 2.28. The third-order valence-corrected chi connectivity index (χ3v) is 3.03. The third kappa shape index (κ3) is 4.90. The second kappa shape index (κ2) is 8.43. The van der Waals surface area contributed by atoms with E-state index < -0.39 is 0 Å². The fraction of sp³-hybridized carbons (Fsp3) is 0.364. The summed E-state index contributed by atoms with van der Waals surface area (Å²) in [6.07, 6.45) is 0. The van der Waals surface area contributed by atoms with Gasteiger partial charge in [-0.2, -0.15) is 0 Å². The van der Waals surface area contributed by atoms with E-state index in [0.717, 1.165) is 5.56 Å². The predicted molar refractivity (Wildman–Crippen MR) is 77.7 cm³/mol. The van der Waals surface area contributed by atoms with Crippen molar-refractivity contribution in [1.29, 1.82) is 0 Å². The Bertz CT molecular complexity index is 401. The summed E-state index contributed by atoms with van der Waals surface area (Å²) in [6.45, 7) is 2.71. The molecule has 0 radical (unpaired) electrons. The monoisotopic (exact) mass is 311 g/mol. The number of benzene rings is 1. The van der Waals surface area contributed by atoms with Crippen molar-refractivity contribution in [2.45, 2.75) is 13.0 Å². The summed E-state index contributed by atoms with van der Waals surface area (Å²) in [7, 11) is 0. The largest absolute Gasteiger partial charge is 0.338 e. The molecule has 0 aliphatic carbocycles. The van der Waals surface area contributed by atoms with Gasteiger partial charge in [0.2, 0.25) is 0 Å². The summed E-state index contributed by atoms with van der Waals surface area (Å²) in [5.74, 6) is 0. The SMILES string of the molecule is CCNC(=O)NCC(N)c1cccc(Cl)c1Cl.Cl. The molecule has 1 atom stereocenters. The lowest BCUT2D eigenvalue weighted by atomic mass is 10.1. The second-order valence-corrected chi connectivity index (χ2v) is 4.28. The number of rotatable bonds is 4. The van der Waals surface area contributed by atoms with E-state index in [1.165, 1.54) is 0 Å². The van der Waals surface area contributed by atoms with E-state index in [9.17, 15) is 4.79 Å². The molecule has 2 amide bonds. The summed E-state index contributed by atoms with van der Waals surface area (Å²) in [6, 6.07) is 4.62. The van der Waals surface area contributed by atoms with Gasteiger partial charge in [0.1, 0.15) is 0 Å². The fourth-order valence-electron chi connectivity index (χ4n) is 1.34. The Balaban J connectivity index is 0.00000289. The van der Waals surface area contributed by atoms with Gasteiger partial charge in [0.25, 0.3) is 0 Å². The molecular formula is C11H16Cl3N3O. The van der Waals surface area contributed by atoms with Crippen molar-refractivity contribution >= 4 is 41.6 Å². The number of carbonyl (C=O) groups is 1. The molecule has 102 valence electrons. The molecule has 0 saturated heterocycles. The molecule has 1 aromatic carbocycles. The fourth-order valence-corrected chi connectivity index (χ4v) is 1.79. The van der Waals surface area contributed by atoms with E-state index in [2.05, 4.69) is 10.6 Å². The minimum atomic E-state index is -0.385. The van der Waals surface area contributed by atoms with Gasteiger partial charge < -0.3 is 16.4 Å². The first-order valence-corrected chi connectivity index (χ1v) is 6.03. The van der Waals surface area contributed by atoms with Gasteiger partial charge >= 0.3 is 6.03 Å². The summed E-state index contributed by atoms with van der Waals surface area (Å²) in [5, 5.41) is 6.15. The van der Waals surface area contributed by atoms with Crippen molar-refractivity contribution in [2.24, 2.45) is 5.73 Å². The van der Waals surface area contributed by atoms with Crippen molar-refractivity contribution < 1.29 is 4.79 Å². The van der Waals surface area contributed by atoms with Gasteiger partial charge in [-0.1, -0.05) is 35.3 Å². The molecule has 1 aromatic rings. The quantitative estimate of drug-likeness (QED) is 0.800. The van der Waals surface area contributed by atoms with Gasteiger partial charge in [-0.05, 0) is 18.6 Å². The van der Waals surface area contributed by atoms with Crippen LogP contribution in [0.1, 0.15) is 18.5 Å². The van der Waals surface area contributed by atoms with Crippen molar-refractivity contribution in [3.63, 3.8) is 0 Å². The molecule has 0 heterocycles. The van der Waals surface area contributed by atoms with Gasteiger partial charge in [0.05, 0.1) is 10.0 Å². The van der Waals surface area contributed by atoms with Crippen molar-refractivity contribution in [3.8, 4) is 0 Å². The molecule has 0 aromatic heterocycles. The average Bonchev–Trinajstić information content (AvgIpc) is 2.30. The van der Waals surface area contributed by atoms with Crippen molar-refractivity contribution in [1.82, 2.24) is 10.6 Å². The van der Waals surface area contributed by atoms with Crippen LogP contribution in [-0.2, 0) is 0 Å². The summed E-state index contributed by atoms with van der Waals surface area (Å²) in [4.78, 5) is 11.2. The predicted octanol–water partition coefficient (Wildman–Crippen LogP) is 2.73. The molecule has 0 aliphatic rings. The Labute approximate surface area is 123 Å². The highest BCUT2D eigenvalue weighted by molar-refractivity contribution is 6.42. The number of nitrogens with one attached hydrogen (secondary N) is 2. The zero-order valence-electron chi connectivity index (χ0n) is 9.87. The van der Waals surface area contributed by atoms with Crippen LogP contribution in [0.2, 0.25) is 10.0 Å². The maximum absolute atomic E-state index is 11.2. The van der Waals surface area contributed by atoms with Crippen LogP contribution in [0.5, 0.6) is 0 Å². The number of halogens is 3.